The first-order valence-corrected chi connectivity index (χ1v) is 8.84. The minimum atomic E-state index is -0.189. The summed E-state index contributed by atoms with van der Waals surface area (Å²) >= 11 is 0. The number of aromatic amines is 1. The van der Waals surface area contributed by atoms with E-state index in [1.807, 2.05) is 6.92 Å². The first kappa shape index (κ1) is 15.7. The number of fused-ring (bicyclic) bond motifs is 2. The van der Waals surface area contributed by atoms with E-state index >= 15 is 0 Å². The van der Waals surface area contributed by atoms with Crippen LogP contribution in [-0.4, -0.2) is 34.1 Å². The van der Waals surface area contributed by atoms with Crippen LogP contribution in [0.2, 0.25) is 0 Å². The van der Waals surface area contributed by atoms with Crippen molar-refractivity contribution in [1.82, 2.24) is 34.1 Å². The Morgan fingerprint density at radius 2 is 2.15 bits per heavy atom. The second-order valence-corrected chi connectivity index (χ2v) is 6.56. The van der Waals surface area contributed by atoms with Crippen molar-refractivity contribution in [3.05, 3.63) is 65.3 Å². The Hall–Kier alpha value is -3.55. The topological polar surface area (TPSA) is 93.8 Å². The van der Waals surface area contributed by atoms with E-state index in [2.05, 4.69) is 38.3 Å². The van der Waals surface area contributed by atoms with Gasteiger partial charge in [-0.2, -0.15) is 5.10 Å². The van der Waals surface area contributed by atoms with Gasteiger partial charge in [-0.1, -0.05) is 18.2 Å². The molecule has 0 saturated heterocycles. The van der Waals surface area contributed by atoms with Crippen molar-refractivity contribution in [1.29, 1.82) is 0 Å². The molecule has 5 rings (SSSR count). The Bertz CT molecular complexity index is 1270. The van der Waals surface area contributed by atoms with Crippen molar-refractivity contribution in [2.75, 3.05) is 0 Å². The SMILES string of the molecule is C[C@H](C1=CCCC=C1)n1c(=O)[nH]c2cnc(-c3cnn4ccncc34)nc21. The number of hydrogen-bond donors (Lipinski definition) is 1. The number of hydrogen-bond acceptors (Lipinski definition) is 5. The van der Waals surface area contributed by atoms with Gasteiger partial charge in [0, 0.05) is 12.4 Å². The van der Waals surface area contributed by atoms with Crippen molar-refractivity contribution >= 4 is 16.7 Å². The van der Waals surface area contributed by atoms with Crippen molar-refractivity contribution in [2.24, 2.45) is 0 Å². The minimum Gasteiger partial charge on any atom is -0.303 e. The summed E-state index contributed by atoms with van der Waals surface area (Å²) in [6.07, 6.45) is 16.9. The third-order valence-electron chi connectivity index (χ3n) is 4.92. The van der Waals surface area contributed by atoms with E-state index in [0.29, 0.717) is 17.0 Å². The van der Waals surface area contributed by atoms with E-state index in [4.69, 9.17) is 4.98 Å². The molecule has 0 unspecified atom stereocenters. The summed E-state index contributed by atoms with van der Waals surface area (Å²) in [6, 6.07) is -0.115. The summed E-state index contributed by atoms with van der Waals surface area (Å²) in [5.41, 5.74) is 3.71. The monoisotopic (exact) mass is 359 g/mol. The van der Waals surface area contributed by atoms with Gasteiger partial charge in [0.25, 0.3) is 0 Å². The van der Waals surface area contributed by atoms with Gasteiger partial charge >= 0.3 is 5.69 Å². The van der Waals surface area contributed by atoms with Crippen LogP contribution < -0.4 is 5.69 Å². The molecule has 1 N–H and O–H groups in total. The average Bonchev–Trinajstić information content (AvgIpc) is 3.28. The fourth-order valence-corrected chi connectivity index (χ4v) is 3.50. The molecule has 0 aliphatic heterocycles. The summed E-state index contributed by atoms with van der Waals surface area (Å²) in [7, 11) is 0. The van der Waals surface area contributed by atoms with Gasteiger partial charge in [0.1, 0.15) is 5.52 Å². The van der Waals surface area contributed by atoms with E-state index in [1.54, 1.807) is 40.1 Å². The third kappa shape index (κ3) is 2.49. The first-order chi connectivity index (χ1) is 13.2. The zero-order chi connectivity index (χ0) is 18.4. The van der Waals surface area contributed by atoms with Crippen molar-refractivity contribution in [2.45, 2.75) is 25.8 Å². The van der Waals surface area contributed by atoms with E-state index in [-0.39, 0.29) is 11.7 Å². The highest BCUT2D eigenvalue weighted by Crippen LogP contribution is 2.26. The highest BCUT2D eigenvalue weighted by Gasteiger charge is 2.19. The molecule has 4 aromatic rings. The van der Waals surface area contributed by atoms with E-state index in [0.717, 1.165) is 29.5 Å². The number of imidazole rings is 1. The van der Waals surface area contributed by atoms with Crippen LogP contribution in [0.5, 0.6) is 0 Å². The van der Waals surface area contributed by atoms with Gasteiger partial charge in [-0.15, -0.1) is 0 Å². The lowest BCUT2D eigenvalue weighted by atomic mass is 10.0. The summed E-state index contributed by atoms with van der Waals surface area (Å²) in [5.74, 6) is 0.513. The lowest BCUT2D eigenvalue weighted by Crippen LogP contribution is -2.22. The second-order valence-electron chi connectivity index (χ2n) is 6.56. The summed E-state index contributed by atoms with van der Waals surface area (Å²) in [5, 5.41) is 4.31. The molecule has 134 valence electrons. The maximum atomic E-state index is 12.6. The van der Waals surface area contributed by atoms with Gasteiger partial charge in [-0.25, -0.2) is 19.3 Å². The van der Waals surface area contributed by atoms with Gasteiger partial charge in [-0.3, -0.25) is 9.55 Å². The number of nitrogens with one attached hydrogen (secondary N) is 1. The standard InChI is InChI=1S/C19H17N7O/c1-12(13-5-3-2-4-6-13)26-18-15(23-19(26)27)10-21-17(24-18)14-9-22-25-8-7-20-11-16(14)25/h3,5-12H,2,4H2,1H3,(H,23,27)/t12-/m1/s1. The molecule has 0 amide bonds. The summed E-state index contributed by atoms with van der Waals surface area (Å²) in [4.78, 5) is 28.7. The molecular formula is C19H17N7O. The minimum absolute atomic E-state index is 0.115. The Kier molecular flexibility index (Phi) is 3.49. The Labute approximate surface area is 153 Å². The molecule has 8 heteroatoms. The predicted octanol–water partition coefficient (Wildman–Crippen LogP) is 2.67. The average molecular weight is 359 g/mol. The van der Waals surface area contributed by atoms with Crippen LogP contribution in [0.25, 0.3) is 28.1 Å². The van der Waals surface area contributed by atoms with Gasteiger partial charge < -0.3 is 4.98 Å². The van der Waals surface area contributed by atoms with E-state index in [9.17, 15) is 4.79 Å². The molecule has 8 nitrogen and oxygen atoms in total. The normalized spacial score (nSPS) is 15.4. The van der Waals surface area contributed by atoms with Crippen LogP contribution in [0.3, 0.4) is 0 Å². The molecule has 0 bridgehead atoms. The second kappa shape index (κ2) is 6.01. The quantitative estimate of drug-likeness (QED) is 0.607. The zero-order valence-electron chi connectivity index (χ0n) is 14.7. The van der Waals surface area contributed by atoms with Gasteiger partial charge in [0.05, 0.1) is 35.7 Å². The molecule has 1 atom stereocenters. The molecule has 1 aliphatic carbocycles. The van der Waals surface area contributed by atoms with Crippen molar-refractivity contribution < 1.29 is 0 Å². The van der Waals surface area contributed by atoms with Crippen LogP contribution >= 0.6 is 0 Å². The van der Waals surface area contributed by atoms with Crippen LogP contribution in [0, 0.1) is 0 Å². The fourth-order valence-electron chi connectivity index (χ4n) is 3.50. The molecule has 0 fully saturated rings. The molecule has 0 spiro atoms. The van der Waals surface area contributed by atoms with Crippen LogP contribution in [-0.2, 0) is 0 Å². The molecule has 4 aromatic heterocycles. The van der Waals surface area contributed by atoms with Gasteiger partial charge in [-0.05, 0) is 25.3 Å². The Balaban J connectivity index is 1.68. The van der Waals surface area contributed by atoms with E-state index in [1.165, 1.54) is 0 Å². The van der Waals surface area contributed by atoms with Crippen LogP contribution in [0.15, 0.2) is 59.6 Å². The number of nitrogens with zero attached hydrogens (tertiary/aromatic N) is 6. The maximum Gasteiger partial charge on any atom is 0.328 e. The predicted molar refractivity (Wildman–Crippen MR) is 101 cm³/mol. The molecule has 0 saturated carbocycles. The van der Waals surface area contributed by atoms with Crippen molar-refractivity contribution in [3.63, 3.8) is 0 Å². The van der Waals surface area contributed by atoms with Gasteiger partial charge in [0.15, 0.2) is 11.5 Å². The molecule has 0 radical (unpaired) electrons. The first-order valence-electron chi connectivity index (χ1n) is 8.84. The van der Waals surface area contributed by atoms with E-state index < -0.39 is 0 Å². The molecule has 27 heavy (non-hydrogen) atoms. The molecule has 4 heterocycles. The van der Waals surface area contributed by atoms with Gasteiger partial charge in [0.2, 0.25) is 0 Å². The number of aromatic nitrogens is 7. The Morgan fingerprint density at radius 3 is 3.00 bits per heavy atom. The van der Waals surface area contributed by atoms with Crippen molar-refractivity contribution in [3.8, 4) is 11.4 Å². The number of allylic oxidation sites excluding steroid dienone is 4. The summed E-state index contributed by atoms with van der Waals surface area (Å²) in [6.45, 7) is 2.01. The maximum absolute atomic E-state index is 12.6. The molecule has 1 aliphatic rings. The highest BCUT2D eigenvalue weighted by atomic mass is 16.1. The van der Waals surface area contributed by atoms with Crippen LogP contribution in [0.1, 0.15) is 25.8 Å². The fraction of sp³-hybridized carbons (Fsp3) is 0.211. The smallest absolute Gasteiger partial charge is 0.303 e. The Morgan fingerprint density at radius 1 is 1.22 bits per heavy atom. The number of rotatable bonds is 3. The molecular weight excluding hydrogens is 342 g/mol. The highest BCUT2D eigenvalue weighted by molar-refractivity contribution is 5.79. The zero-order valence-corrected chi connectivity index (χ0v) is 14.7. The lowest BCUT2D eigenvalue weighted by Gasteiger charge is -2.16. The number of H-pyrrole nitrogens is 1. The largest absolute Gasteiger partial charge is 0.328 e. The lowest BCUT2D eigenvalue weighted by molar-refractivity contribution is 0.624. The molecule has 0 aromatic carbocycles. The third-order valence-corrected chi connectivity index (χ3v) is 4.92. The summed E-state index contributed by atoms with van der Waals surface area (Å²) < 4.78 is 3.41. The van der Waals surface area contributed by atoms with Crippen LogP contribution in [0.4, 0.5) is 0 Å².